The maximum Gasteiger partial charge on any atom is 0.181 e. The summed E-state index contributed by atoms with van der Waals surface area (Å²) in [7, 11) is 0. The lowest BCUT2D eigenvalue weighted by Gasteiger charge is -2.35. The molecule has 0 N–H and O–H groups in total. The van der Waals surface area contributed by atoms with Crippen LogP contribution in [0.15, 0.2) is 18.3 Å². The first-order valence-corrected chi connectivity index (χ1v) is 12.5. The van der Waals surface area contributed by atoms with Crippen LogP contribution in [-0.4, -0.2) is 30.9 Å². The number of fused-ring (bicyclic) bond motifs is 2. The van der Waals surface area contributed by atoms with E-state index in [0.29, 0.717) is 18.9 Å². The van der Waals surface area contributed by atoms with Crippen LogP contribution < -0.4 is 0 Å². The van der Waals surface area contributed by atoms with Gasteiger partial charge < -0.3 is 9.47 Å². The molecule has 0 bridgehead atoms. The summed E-state index contributed by atoms with van der Waals surface area (Å²) < 4.78 is 14.7. The minimum Gasteiger partial charge on any atom is -0.347 e. The third-order valence-corrected chi connectivity index (χ3v) is 6.31. The van der Waals surface area contributed by atoms with Gasteiger partial charge in [-0.25, -0.2) is 19.5 Å². The molecule has 1 aliphatic heterocycles. The summed E-state index contributed by atoms with van der Waals surface area (Å²) >= 11 is 0. The maximum atomic E-state index is 6.54. The van der Waals surface area contributed by atoms with Crippen molar-refractivity contribution < 1.29 is 9.47 Å². The molecule has 7 heteroatoms. The Morgan fingerprint density at radius 1 is 0.829 bits per heavy atom. The number of rotatable bonds is 3. The van der Waals surface area contributed by atoms with Crippen molar-refractivity contribution in [3.8, 4) is 0 Å². The number of aromatic nitrogens is 5. The highest BCUT2D eigenvalue weighted by atomic mass is 16.7. The van der Waals surface area contributed by atoms with E-state index in [1.807, 2.05) is 30.6 Å². The summed E-state index contributed by atoms with van der Waals surface area (Å²) in [5.74, 6) is 1.49. The third-order valence-electron chi connectivity index (χ3n) is 6.31. The number of ether oxygens (including phenoxy) is 2. The molecular formula is C28H41N5O2. The highest BCUT2D eigenvalue weighted by Gasteiger charge is 2.36. The van der Waals surface area contributed by atoms with Crippen LogP contribution in [0.3, 0.4) is 0 Å². The van der Waals surface area contributed by atoms with E-state index in [9.17, 15) is 0 Å². The average Bonchev–Trinajstić information content (AvgIpc) is 3.18. The van der Waals surface area contributed by atoms with E-state index in [-0.39, 0.29) is 16.2 Å². The quantitative estimate of drug-likeness (QED) is 0.475. The fraction of sp³-hybridized carbons (Fsp3) is 0.643. The van der Waals surface area contributed by atoms with Gasteiger partial charge in [-0.15, -0.1) is 5.10 Å². The number of hydrogen-bond acceptors (Lipinski definition) is 6. The van der Waals surface area contributed by atoms with Crippen molar-refractivity contribution >= 4 is 5.52 Å². The molecule has 190 valence electrons. The molecule has 0 radical (unpaired) electrons. The number of hydrogen-bond donors (Lipinski definition) is 0. The van der Waals surface area contributed by atoms with Crippen molar-refractivity contribution in [3.05, 3.63) is 52.6 Å². The molecule has 1 unspecified atom stereocenters. The molecule has 1 aliphatic rings. The largest absolute Gasteiger partial charge is 0.347 e. The standard InChI is InChI=1S/C28H41N5O2/c1-25(2,3)21-17-16-34-20(15-18(17)29-23(30-21)27(7,8)9)35-28(10,11)24-31-22(26(4,5)6)19-13-12-14-33(19)32-24/h12-14,20H,15-16H2,1-11H3. The Kier molecular flexibility index (Phi) is 6.13. The van der Waals surface area contributed by atoms with Gasteiger partial charge in [0.1, 0.15) is 11.4 Å². The fourth-order valence-electron chi connectivity index (χ4n) is 4.40. The predicted octanol–water partition coefficient (Wildman–Crippen LogP) is 5.76. The van der Waals surface area contributed by atoms with Gasteiger partial charge in [0, 0.05) is 34.4 Å². The minimum absolute atomic E-state index is 0.104. The smallest absolute Gasteiger partial charge is 0.181 e. The maximum absolute atomic E-state index is 6.54. The zero-order valence-electron chi connectivity index (χ0n) is 23.3. The van der Waals surface area contributed by atoms with E-state index in [4.69, 9.17) is 29.5 Å². The summed E-state index contributed by atoms with van der Waals surface area (Å²) in [4.78, 5) is 14.9. The molecule has 4 rings (SSSR count). The van der Waals surface area contributed by atoms with Gasteiger partial charge >= 0.3 is 0 Å². The van der Waals surface area contributed by atoms with Crippen LogP contribution in [0.1, 0.15) is 110 Å². The van der Waals surface area contributed by atoms with E-state index < -0.39 is 11.9 Å². The van der Waals surface area contributed by atoms with Crippen molar-refractivity contribution in [1.29, 1.82) is 0 Å². The lowest BCUT2D eigenvalue weighted by molar-refractivity contribution is -0.217. The summed E-state index contributed by atoms with van der Waals surface area (Å²) in [6.45, 7) is 24.0. The van der Waals surface area contributed by atoms with Crippen LogP contribution in [0.25, 0.3) is 5.52 Å². The topological polar surface area (TPSA) is 74.4 Å². The fourth-order valence-corrected chi connectivity index (χ4v) is 4.40. The van der Waals surface area contributed by atoms with Crippen LogP contribution in [0.5, 0.6) is 0 Å². The molecule has 0 saturated carbocycles. The molecule has 4 heterocycles. The van der Waals surface area contributed by atoms with E-state index >= 15 is 0 Å². The van der Waals surface area contributed by atoms with Gasteiger partial charge in [0.25, 0.3) is 0 Å². The van der Waals surface area contributed by atoms with Crippen LogP contribution in [-0.2, 0) is 44.3 Å². The molecular weight excluding hydrogens is 438 g/mol. The first-order chi connectivity index (χ1) is 16.0. The molecule has 0 amide bonds. The Morgan fingerprint density at radius 2 is 1.46 bits per heavy atom. The first-order valence-electron chi connectivity index (χ1n) is 12.5. The third kappa shape index (κ3) is 5.12. The minimum atomic E-state index is -0.757. The van der Waals surface area contributed by atoms with E-state index in [1.54, 1.807) is 0 Å². The molecule has 3 aromatic rings. The molecule has 0 saturated heterocycles. The van der Waals surface area contributed by atoms with Gasteiger partial charge in [0.15, 0.2) is 12.1 Å². The molecule has 1 atom stereocenters. The molecule has 0 aromatic carbocycles. The zero-order chi connectivity index (χ0) is 26.0. The van der Waals surface area contributed by atoms with Gasteiger partial charge in [-0.05, 0) is 26.0 Å². The summed E-state index contributed by atoms with van der Waals surface area (Å²) in [6.07, 6.45) is 2.07. The first kappa shape index (κ1) is 25.7. The normalized spacial score (nSPS) is 17.6. The van der Waals surface area contributed by atoms with Crippen LogP contribution in [0.4, 0.5) is 0 Å². The van der Waals surface area contributed by atoms with E-state index in [0.717, 1.165) is 34.0 Å². The Balaban J connectivity index is 1.67. The number of nitrogens with zero attached hydrogens (tertiary/aromatic N) is 5. The second-order valence-electron chi connectivity index (χ2n) is 13.3. The van der Waals surface area contributed by atoms with Crippen LogP contribution >= 0.6 is 0 Å². The molecule has 3 aromatic heterocycles. The summed E-state index contributed by atoms with van der Waals surface area (Å²) in [5.41, 5.74) is 4.03. The van der Waals surface area contributed by atoms with E-state index in [2.05, 4.69) is 68.4 Å². The van der Waals surface area contributed by atoms with Crippen molar-refractivity contribution in [2.24, 2.45) is 0 Å². The van der Waals surface area contributed by atoms with Crippen molar-refractivity contribution in [1.82, 2.24) is 24.6 Å². The Hall–Kier alpha value is -2.38. The summed E-state index contributed by atoms with van der Waals surface area (Å²) in [5, 5.41) is 4.78. The molecule has 0 fully saturated rings. The monoisotopic (exact) mass is 479 g/mol. The average molecular weight is 480 g/mol. The van der Waals surface area contributed by atoms with Gasteiger partial charge in [-0.1, -0.05) is 62.3 Å². The molecule has 0 spiro atoms. The molecule has 0 aliphatic carbocycles. The molecule has 7 nitrogen and oxygen atoms in total. The second-order valence-corrected chi connectivity index (χ2v) is 13.3. The second kappa shape index (κ2) is 8.34. The van der Waals surface area contributed by atoms with Crippen molar-refractivity contribution in [2.75, 3.05) is 0 Å². The van der Waals surface area contributed by atoms with Gasteiger partial charge in [0.05, 0.1) is 29.2 Å². The Labute approximate surface area is 209 Å². The lowest BCUT2D eigenvalue weighted by atomic mass is 9.85. The van der Waals surface area contributed by atoms with Crippen molar-refractivity contribution in [3.63, 3.8) is 0 Å². The summed E-state index contributed by atoms with van der Waals surface area (Å²) in [6, 6.07) is 4.05. The van der Waals surface area contributed by atoms with E-state index in [1.165, 1.54) is 0 Å². The van der Waals surface area contributed by atoms with Crippen LogP contribution in [0.2, 0.25) is 0 Å². The SMILES string of the molecule is CC(C)(C)c1nc2c(c(C(C)(C)C)n1)COC(OC(C)(C)c1nc(C(C)(C)C)c3cccn3n1)C2. The lowest BCUT2D eigenvalue weighted by Crippen LogP contribution is -2.38. The van der Waals surface area contributed by atoms with Crippen molar-refractivity contribution in [2.45, 2.75) is 117 Å². The zero-order valence-corrected chi connectivity index (χ0v) is 23.3. The highest BCUT2D eigenvalue weighted by molar-refractivity contribution is 5.54. The Morgan fingerprint density at radius 3 is 2.06 bits per heavy atom. The van der Waals surface area contributed by atoms with Gasteiger partial charge in [-0.2, -0.15) is 0 Å². The molecule has 35 heavy (non-hydrogen) atoms. The van der Waals surface area contributed by atoms with Gasteiger partial charge in [0.2, 0.25) is 0 Å². The highest BCUT2D eigenvalue weighted by Crippen LogP contribution is 2.35. The predicted molar refractivity (Wildman–Crippen MR) is 138 cm³/mol. The van der Waals surface area contributed by atoms with Gasteiger partial charge in [-0.3, -0.25) is 0 Å². The van der Waals surface area contributed by atoms with Crippen LogP contribution in [0, 0.1) is 0 Å². The Bertz CT molecular complexity index is 1240.